The lowest BCUT2D eigenvalue weighted by atomic mass is 9.85. The molecule has 0 aliphatic carbocycles. The van der Waals surface area contributed by atoms with Gasteiger partial charge in [0.15, 0.2) is 24.8 Å². The first-order valence-corrected chi connectivity index (χ1v) is 53.5. The molecule has 0 amide bonds. The fraction of sp³-hybridized carbons (Fsp3) is 0.532. The summed E-state index contributed by atoms with van der Waals surface area (Å²) in [6, 6.07) is 37.9. The molecule has 0 atom stereocenters. The highest BCUT2D eigenvalue weighted by atomic mass is 28.3. The van der Waals surface area contributed by atoms with Crippen molar-refractivity contribution in [1.29, 1.82) is 0 Å². The van der Waals surface area contributed by atoms with Gasteiger partial charge in [-0.2, -0.15) is 0 Å². The summed E-state index contributed by atoms with van der Waals surface area (Å²) >= 11 is 0. The van der Waals surface area contributed by atoms with E-state index < -0.39 is 32.3 Å². The van der Waals surface area contributed by atoms with Crippen LogP contribution in [0.15, 0.2) is 122 Å². The molecule has 0 saturated heterocycles. The quantitative estimate of drug-likeness (QED) is 0.0503. The van der Waals surface area contributed by atoms with E-state index in [4.69, 9.17) is 0 Å². The Morgan fingerprint density at radius 2 is 0.627 bits per heavy atom. The number of hydrogen-bond acceptors (Lipinski definition) is 0. The first-order chi connectivity index (χ1) is 47.0. The lowest BCUT2D eigenvalue weighted by Gasteiger charge is -2.23. The summed E-state index contributed by atoms with van der Waals surface area (Å²) < 4.78 is 9.37. The minimum atomic E-state index is -1.41. The van der Waals surface area contributed by atoms with E-state index in [1.54, 1.807) is 31.9 Å². The lowest BCUT2D eigenvalue weighted by molar-refractivity contribution is -0.660. The molecule has 102 heavy (non-hydrogen) atoms. The van der Waals surface area contributed by atoms with Crippen molar-refractivity contribution in [2.45, 2.75) is 273 Å². The minimum Gasteiger partial charge on any atom is -0.201 e. The van der Waals surface area contributed by atoms with E-state index in [1.807, 2.05) is 0 Å². The molecule has 8 rings (SSSR count). The first-order valence-electron chi connectivity index (χ1n) is 39.5. The summed E-state index contributed by atoms with van der Waals surface area (Å²) in [6.07, 6.45) is 17.8. The monoisotopic (exact) mass is 1450 g/mol. The second kappa shape index (κ2) is 36.1. The maximum Gasteiger partial charge on any atom is 0.212 e. The molecular formula is C94H148N4Si4+4. The maximum atomic E-state index is 2.52. The number of aryl methyl sites for hydroxylation is 9. The van der Waals surface area contributed by atoms with Crippen molar-refractivity contribution in [3.05, 3.63) is 189 Å². The van der Waals surface area contributed by atoms with Gasteiger partial charge in [0, 0.05) is 68.8 Å². The van der Waals surface area contributed by atoms with Gasteiger partial charge in [-0.05, 0) is 204 Å². The normalized spacial score (nSPS) is 12.3. The van der Waals surface area contributed by atoms with Gasteiger partial charge in [-0.1, -0.05) is 237 Å². The van der Waals surface area contributed by atoms with Crippen LogP contribution >= 0.6 is 0 Å². The molecule has 0 radical (unpaired) electrons. The van der Waals surface area contributed by atoms with Crippen LogP contribution in [0.2, 0.25) is 78.6 Å². The van der Waals surface area contributed by atoms with E-state index in [0.29, 0.717) is 35.5 Å². The SMILES string of the molecule is CCC(CC)c1ccc(C)c(-c2cc([Si](C)(C)C)c(CC(C)C)c[n+]2C)c1.Cc1ccc(-c2cc([Si](C)(C)C)c(CC(C)C)c[n+]2C)c(C)c1.Cc1ccc(C(C)(C)C)cc1-c1cc([Si](C)(C)C)c(CC(C)C)c[n+]1C.Cc1ccc(CC(C)C)cc1-c1cc([Si](C)(C)C)c(CC(C)C)c[n+]1C. The Bertz CT molecular complexity index is 4100. The number of rotatable bonds is 21. The van der Waals surface area contributed by atoms with Crippen LogP contribution in [0.1, 0.15) is 189 Å². The molecule has 4 nitrogen and oxygen atoms in total. The second-order valence-electron chi connectivity index (χ2n) is 38.2. The first kappa shape index (κ1) is 87.0. The third-order valence-electron chi connectivity index (χ3n) is 20.4. The van der Waals surface area contributed by atoms with E-state index in [9.17, 15) is 0 Å². The Morgan fingerprint density at radius 1 is 0.324 bits per heavy atom. The van der Waals surface area contributed by atoms with E-state index in [2.05, 4.69) is 385 Å². The van der Waals surface area contributed by atoms with Gasteiger partial charge < -0.3 is 0 Å². The Labute approximate surface area is 631 Å². The summed E-state index contributed by atoms with van der Waals surface area (Å²) in [6.45, 7) is 75.3. The Hall–Kier alpha value is -5.65. The van der Waals surface area contributed by atoms with E-state index in [-0.39, 0.29) is 5.41 Å². The van der Waals surface area contributed by atoms with Crippen molar-refractivity contribution in [3.8, 4) is 45.0 Å². The zero-order valence-corrected chi connectivity index (χ0v) is 76.2. The predicted molar refractivity (Wildman–Crippen MR) is 463 cm³/mol. The van der Waals surface area contributed by atoms with Crippen molar-refractivity contribution in [1.82, 2.24) is 0 Å². The fourth-order valence-corrected chi connectivity index (χ4v) is 21.8. The predicted octanol–water partition coefficient (Wildman–Crippen LogP) is 21.6. The fourth-order valence-electron chi connectivity index (χ4n) is 15.0. The average Bonchev–Trinajstić information content (AvgIpc) is 0.796. The molecular weight excluding hydrogens is 1300 g/mol. The van der Waals surface area contributed by atoms with Crippen LogP contribution < -0.4 is 39.0 Å². The van der Waals surface area contributed by atoms with Gasteiger partial charge in [0.1, 0.15) is 28.2 Å². The Kier molecular flexibility index (Phi) is 30.8. The number of nitrogens with zero attached hydrogens (tertiary/aromatic N) is 4. The van der Waals surface area contributed by atoms with Crippen LogP contribution in [-0.2, 0) is 65.7 Å². The lowest BCUT2D eigenvalue weighted by Crippen LogP contribution is -2.45. The number of aromatic nitrogens is 4. The molecule has 4 aromatic carbocycles. The summed E-state index contributed by atoms with van der Waals surface area (Å²) in [5.41, 5.74) is 28.4. The van der Waals surface area contributed by atoms with Crippen LogP contribution in [0.5, 0.6) is 0 Å². The van der Waals surface area contributed by atoms with Crippen molar-refractivity contribution < 1.29 is 18.3 Å². The van der Waals surface area contributed by atoms with Crippen molar-refractivity contribution >= 4 is 53.0 Å². The largest absolute Gasteiger partial charge is 0.212 e. The van der Waals surface area contributed by atoms with Crippen molar-refractivity contribution in [2.75, 3.05) is 0 Å². The second-order valence-corrected chi connectivity index (χ2v) is 58.3. The maximum absolute atomic E-state index is 2.52. The number of hydrogen-bond donors (Lipinski definition) is 0. The van der Waals surface area contributed by atoms with Crippen LogP contribution in [0.25, 0.3) is 45.0 Å². The van der Waals surface area contributed by atoms with E-state index in [0.717, 1.165) is 12.8 Å². The highest BCUT2D eigenvalue weighted by molar-refractivity contribution is 6.90. The van der Waals surface area contributed by atoms with Gasteiger partial charge in [0.25, 0.3) is 0 Å². The van der Waals surface area contributed by atoms with Crippen molar-refractivity contribution in [2.24, 2.45) is 57.8 Å². The zero-order chi connectivity index (χ0) is 77.2. The van der Waals surface area contributed by atoms with Gasteiger partial charge in [-0.25, -0.2) is 18.3 Å². The van der Waals surface area contributed by atoms with E-state index >= 15 is 0 Å². The average molecular weight is 1450 g/mol. The minimum absolute atomic E-state index is 0.167. The molecule has 0 aliphatic heterocycles. The molecule has 0 saturated carbocycles. The Balaban J connectivity index is 0.000000245. The molecule has 8 heteroatoms. The highest BCUT2D eigenvalue weighted by Crippen LogP contribution is 2.33. The van der Waals surface area contributed by atoms with Crippen LogP contribution in [-0.4, -0.2) is 32.3 Å². The van der Waals surface area contributed by atoms with Crippen LogP contribution in [0, 0.1) is 64.2 Å². The van der Waals surface area contributed by atoms with Gasteiger partial charge >= 0.3 is 0 Å². The van der Waals surface area contributed by atoms with Crippen LogP contribution in [0.4, 0.5) is 0 Å². The van der Waals surface area contributed by atoms with Crippen LogP contribution in [0.3, 0.4) is 0 Å². The Morgan fingerprint density at radius 3 is 0.931 bits per heavy atom. The molecule has 0 spiro atoms. The van der Waals surface area contributed by atoms with Gasteiger partial charge in [0.05, 0.1) is 32.3 Å². The molecule has 0 fully saturated rings. The summed E-state index contributed by atoms with van der Waals surface area (Å²) in [5, 5.41) is 6.46. The summed E-state index contributed by atoms with van der Waals surface area (Å²) in [5.74, 6) is 4.09. The number of pyridine rings is 4. The third kappa shape index (κ3) is 24.2. The number of benzene rings is 4. The standard InChI is InChI=1S/C25H40NSi.2C24H38NSi.C21H32NSi/c1-10-20(11-2)21-13-12-19(5)23(15-21)24-16-25(27(7,8)9)22(14-18(3)4)17-26(24)6;1-17(2)13-19-16-25(7)22(15-23(19)26(8,9)10)21-14-20(24(4,5)6)12-11-18(21)3;1-17(2)12-20-11-10-19(5)22(14-20)23-15-24(26(7,8)9)21(13-18(3)4)16-25(23)6;1-15(2)11-18-14-22(5)20(13-21(18)23(6,7)8)19-10-9-16(3)12-17(19)4/h12-13,15-18,20H,10-11,14H2,1-9H3;11-12,14-17H,13H2,1-10H3;10-11,14-18H,12-13H2,1-9H3;9-10,12-15H,11H2,1-8H3/q4*+1. The van der Waals surface area contributed by atoms with Gasteiger partial charge in [-0.15, -0.1) is 0 Å². The van der Waals surface area contributed by atoms with Gasteiger partial charge in [0.2, 0.25) is 22.8 Å². The molecule has 0 N–H and O–H groups in total. The highest BCUT2D eigenvalue weighted by Gasteiger charge is 2.32. The molecule has 0 aliphatic rings. The van der Waals surface area contributed by atoms with Crippen molar-refractivity contribution in [3.63, 3.8) is 0 Å². The van der Waals surface area contributed by atoms with Gasteiger partial charge in [-0.3, -0.25) is 0 Å². The molecule has 556 valence electrons. The topological polar surface area (TPSA) is 15.5 Å². The summed E-state index contributed by atoms with van der Waals surface area (Å²) in [7, 11) is 3.22. The molecule has 0 bridgehead atoms. The molecule has 4 aromatic heterocycles. The molecule has 4 heterocycles. The third-order valence-corrected chi connectivity index (χ3v) is 28.8. The smallest absolute Gasteiger partial charge is 0.201 e. The molecule has 8 aromatic rings. The summed E-state index contributed by atoms with van der Waals surface area (Å²) in [4.78, 5) is 0. The zero-order valence-electron chi connectivity index (χ0n) is 72.2. The van der Waals surface area contributed by atoms with E-state index in [1.165, 1.54) is 133 Å². The molecule has 0 unspecified atom stereocenters.